The Labute approximate surface area is 404 Å². The highest BCUT2D eigenvalue weighted by atomic mass is 16.6. The molecule has 0 aliphatic heterocycles. The fraction of sp³-hybridized carbons (Fsp3) is 0.881. The lowest BCUT2D eigenvalue weighted by molar-refractivity contribution is -0.167. The van der Waals surface area contributed by atoms with E-state index in [1.165, 1.54) is 212 Å². The third-order valence-corrected chi connectivity index (χ3v) is 13.0. The van der Waals surface area contributed by atoms with Crippen molar-refractivity contribution in [2.45, 2.75) is 322 Å². The van der Waals surface area contributed by atoms with Crippen LogP contribution >= 0.6 is 0 Å². The number of carbonyl (C=O) groups excluding carboxylic acids is 3. The smallest absolute Gasteiger partial charge is 0.306 e. The summed E-state index contributed by atoms with van der Waals surface area (Å²) < 4.78 is 16.8. The van der Waals surface area contributed by atoms with Crippen LogP contribution in [0, 0.1) is 0 Å². The summed E-state index contributed by atoms with van der Waals surface area (Å²) in [5.74, 6) is -0.855. The maximum Gasteiger partial charge on any atom is 0.306 e. The van der Waals surface area contributed by atoms with Crippen molar-refractivity contribution < 1.29 is 28.6 Å². The summed E-state index contributed by atoms with van der Waals surface area (Å²) in [6, 6.07) is 0. The lowest BCUT2D eigenvalue weighted by Crippen LogP contribution is -2.30. The lowest BCUT2D eigenvalue weighted by Gasteiger charge is -2.18. The van der Waals surface area contributed by atoms with Crippen molar-refractivity contribution in [3.63, 3.8) is 0 Å². The predicted molar refractivity (Wildman–Crippen MR) is 279 cm³/mol. The molecule has 0 saturated carbocycles. The molecule has 0 fully saturated rings. The predicted octanol–water partition coefficient (Wildman–Crippen LogP) is 19.1. The highest BCUT2D eigenvalue weighted by Crippen LogP contribution is 2.17. The number of carbonyl (C=O) groups is 3. The Bertz CT molecular complexity index is 1050. The van der Waals surface area contributed by atoms with Gasteiger partial charge in [0.2, 0.25) is 0 Å². The quantitative estimate of drug-likeness (QED) is 0.0262. The fourth-order valence-electron chi connectivity index (χ4n) is 8.59. The third kappa shape index (κ3) is 52.7. The van der Waals surface area contributed by atoms with Crippen LogP contribution in [-0.4, -0.2) is 37.2 Å². The van der Waals surface area contributed by atoms with Gasteiger partial charge in [-0.15, -0.1) is 0 Å². The summed E-state index contributed by atoms with van der Waals surface area (Å²) >= 11 is 0. The van der Waals surface area contributed by atoms with E-state index in [0.717, 1.165) is 64.2 Å². The monoisotopic (exact) mass is 915 g/mol. The Balaban J connectivity index is 4.23. The molecule has 65 heavy (non-hydrogen) atoms. The van der Waals surface area contributed by atoms with Crippen molar-refractivity contribution in [1.29, 1.82) is 0 Å². The number of hydrogen-bond acceptors (Lipinski definition) is 6. The minimum absolute atomic E-state index is 0.0675. The Kier molecular flexibility index (Phi) is 52.7. The molecule has 6 heteroatoms. The molecule has 0 amide bonds. The molecule has 1 unspecified atom stereocenters. The van der Waals surface area contributed by atoms with E-state index in [4.69, 9.17) is 14.2 Å². The highest BCUT2D eigenvalue weighted by Gasteiger charge is 2.19. The highest BCUT2D eigenvalue weighted by molar-refractivity contribution is 5.71. The Morgan fingerprint density at radius 1 is 0.308 bits per heavy atom. The summed E-state index contributed by atoms with van der Waals surface area (Å²) in [5, 5.41) is 0. The minimum Gasteiger partial charge on any atom is -0.462 e. The van der Waals surface area contributed by atoms with Crippen LogP contribution in [0.5, 0.6) is 0 Å². The topological polar surface area (TPSA) is 78.9 Å². The molecule has 382 valence electrons. The second-order valence-electron chi connectivity index (χ2n) is 19.6. The van der Waals surface area contributed by atoms with Crippen LogP contribution in [0.25, 0.3) is 0 Å². The average Bonchev–Trinajstić information content (AvgIpc) is 3.30. The maximum absolute atomic E-state index is 12.8. The van der Waals surface area contributed by atoms with Gasteiger partial charge in [-0.25, -0.2) is 0 Å². The number of hydrogen-bond donors (Lipinski definition) is 0. The van der Waals surface area contributed by atoms with Gasteiger partial charge in [0.1, 0.15) is 13.2 Å². The molecule has 0 aromatic carbocycles. The Morgan fingerprint density at radius 2 is 0.554 bits per heavy atom. The molecule has 0 aromatic heterocycles. The summed E-state index contributed by atoms with van der Waals surface area (Å²) in [6.07, 6.45) is 63.2. The Hall–Kier alpha value is -2.11. The Morgan fingerprint density at radius 3 is 0.846 bits per heavy atom. The van der Waals surface area contributed by atoms with E-state index in [-0.39, 0.29) is 31.1 Å². The molecule has 1 atom stereocenters. The van der Waals surface area contributed by atoms with Gasteiger partial charge in [0.15, 0.2) is 6.10 Å². The molecule has 0 aromatic rings. The van der Waals surface area contributed by atoms with E-state index in [0.29, 0.717) is 19.3 Å². The summed E-state index contributed by atoms with van der Waals surface area (Å²) in [5.41, 5.74) is 0. The molecule has 0 heterocycles. The molecule has 0 saturated heterocycles. The van der Waals surface area contributed by atoms with Crippen molar-refractivity contribution in [3.8, 4) is 0 Å². The molecular formula is C59H110O6. The molecule has 0 spiro atoms. The van der Waals surface area contributed by atoms with Gasteiger partial charge in [-0.05, 0) is 51.4 Å². The van der Waals surface area contributed by atoms with E-state index >= 15 is 0 Å². The number of esters is 3. The largest absolute Gasteiger partial charge is 0.462 e. The van der Waals surface area contributed by atoms with Crippen LogP contribution < -0.4 is 0 Å². The maximum atomic E-state index is 12.8. The number of allylic oxidation sites excluding steroid dienone is 4. The minimum atomic E-state index is -0.766. The zero-order chi connectivity index (χ0) is 47.2. The van der Waals surface area contributed by atoms with Crippen LogP contribution in [-0.2, 0) is 28.6 Å². The molecular weight excluding hydrogens is 805 g/mol. The number of unbranched alkanes of at least 4 members (excludes halogenated alkanes) is 38. The molecule has 0 bridgehead atoms. The van der Waals surface area contributed by atoms with Gasteiger partial charge in [-0.1, -0.05) is 270 Å². The fourth-order valence-corrected chi connectivity index (χ4v) is 8.59. The molecule has 0 rings (SSSR count). The number of ether oxygens (including phenoxy) is 3. The first-order chi connectivity index (χ1) is 32.0. The third-order valence-electron chi connectivity index (χ3n) is 13.0. The van der Waals surface area contributed by atoms with E-state index in [2.05, 4.69) is 45.1 Å². The molecule has 0 aliphatic rings. The van der Waals surface area contributed by atoms with Gasteiger partial charge in [0, 0.05) is 19.3 Å². The zero-order valence-electron chi connectivity index (χ0n) is 43.8. The van der Waals surface area contributed by atoms with Gasteiger partial charge in [-0.2, -0.15) is 0 Å². The van der Waals surface area contributed by atoms with Gasteiger partial charge in [0.25, 0.3) is 0 Å². The second kappa shape index (κ2) is 54.5. The van der Waals surface area contributed by atoms with E-state index < -0.39 is 6.10 Å². The van der Waals surface area contributed by atoms with Crippen LogP contribution in [0.2, 0.25) is 0 Å². The van der Waals surface area contributed by atoms with E-state index in [1.54, 1.807) is 0 Å². The lowest BCUT2D eigenvalue weighted by atomic mass is 10.0. The molecule has 0 aliphatic carbocycles. The van der Waals surface area contributed by atoms with Gasteiger partial charge < -0.3 is 14.2 Å². The van der Waals surface area contributed by atoms with Crippen LogP contribution in [0.15, 0.2) is 24.3 Å². The SMILES string of the molecule is CCCCCCC/C=C\C/C=C\CCCCCCCCCCCC(=O)OCC(COC(=O)CCCCCCCCCCC)OC(=O)CCCCCCCCCCCCCCCCCCC. The summed E-state index contributed by atoms with van der Waals surface area (Å²) in [6.45, 7) is 6.65. The van der Waals surface area contributed by atoms with Crippen molar-refractivity contribution in [3.05, 3.63) is 24.3 Å². The van der Waals surface area contributed by atoms with Gasteiger partial charge in [-0.3, -0.25) is 14.4 Å². The van der Waals surface area contributed by atoms with E-state index in [1.807, 2.05) is 0 Å². The first kappa shape index (κ1) is 62.9. The van der Waals surface area contributed by atoms with Crippen LogP contribution in [0.1, 0.15) is 316 Å². The van der Waals surface area contributed by atoms with E-state index in [9.17, 15) is 14.4 Å². The van der Waals surface area contributed by atoms with Crippen LogP contribution in [0.3, 0.4) is 0 Å². The number of rotatable bonds is 53. The van der Waals surface area contributed by atoms with Crippen LogP contribution in [0.4, 0.5) is 0 Å². The first-order valence-electron chi connectivity index (χ1n) is 28.8. The van der Waals surface area contributed by atoms with Crippen molar-refractivity contribution in [2.75, 3.05) is 13.2 Å². The van der Waals surface area contributed by atoms with Gasteiger partial charge >= 0.3 is 17.9 Å². The summed E-state index contributed by atoms with van der Waals surface area (Å²) in [4.78, 5) is 38.0. The normalized spacial score (nSPS) is 12.1. The average molecular weight is 916 g/mol. The summed E-state index contributed by atoms with van der Waals surface area (Å²) in [7, 11) is 0. The molecule has 6 nitrogen and oxygen atoms in total. The van der Waals surface area contributed by atoms with Gasteiger partial charge in [0.05, 0.1) is 0 Å². The van der Waals surface area contributed by atoms with Crippen molar-refractivity contribution >= 4 is 17.9 Å². The standard InChI is InChI=1S/C59H110O6/c1-4-7-10-13-16-19-21-23-25-27-28-29-30-32-33-35-37-40-43-46-49-52-58(61)64-55-56(54-63-57(60)51-48-45-42-39-18-15-12-9-6-3)65-59(62)53-50-47-44-41-38-36-34-31-26-24-22-20-17-14-11-8-5-2/h21,23,27-28,56H,4-20,22,24-26,29-55H2,1-3H3/b23-21-,28-27-. The zero-order valence-corrected chi connectivity index (χ0v) is 43.8. The van der Waals surface area contributed by atoms with Crippen molar-refractivity contribution in [2.24, 2.45) is 0 Å². The molecule has 0 N–H and O–H groups in total. The first-order valence-corrected chi connectivity index (χ1v) is 28.8. The molecule has 0 radical (unpaired) electrons. The second-order valence-corrected chi connectivity index (χ2v) is 19.6. The van der Waals surface area contributed by atoms with Crippen molar-refractivity contribution in [1.82, 2.24) is 0 Å².